The number of amides is 3. The van der Waals surface area contributed by atoms with E-state index in [-0.39, 0.29) is 17.5 Å². The highest BCUT2D eigenvalue weighted by Crippen LogP contribution is 2.21. The van der Waals surface area contributed by atoms with Crippen molar-refractivity contribution in [2.24, 2.45) is 0 Å². The molecule has 3 N–H and O–H groups in total. The molecule has 0 atom stereocenters. The Morgan fingerprint density at radius 2 is 1.67 bits per heavy atom. The van der Waals surface area contributed by atoms with Gasteiger partial charge >= 0.3 is 5.97 Å². The Morgan fingerprint density at radius 1 is 0.967 bits per heavy atom. The molecule has 0 saturated heterocycles. The summed E-state index contributed by atoms with van der Waals surface area (Å²) in [6.07, 6.45) is 1.88. The first kappa shape index (κ1) is 21.0. The molecule has 3 amide bonds. The molecule has 0 radical (unpaired) electrons. The lowest BCUT2D eigenvalue weighted by Crippen LogP contribution is -2.32. The van der Waals surface area contributed by atoms with Gasteiger partial charge in [-0.25, -0.2) is 4.39 Å². The molecule has 1 aliphatic rings. The molecule has 0 aromatic heterocycles. The Kier molecular flexibility index (Phi) is 6.74. The Labute approximate surface area is 171 Å². The lowest BCUT2D eigenvalue weighted by Gasteiger charge is -2.11. The third-order valence-corrected chi connectivity index (χ3v) is 4.22. The van der Waals surface area contributed by atoms with E-state index < -0.39 is 36.8 Å². The Balaban J connectivity index is 1.44. The first-order chi connectivity index (χ1) is 14.4. The lowest BCUT2D eigenvalue weighted by molar-refractivity contribution is -0.146. The molecule has 0 heterocycles. The smallest absolute Gasteiger partial charge is 0.325 e. The summed E-state index contributed by atoms with van der Waals surface area (Å²) in [5.41, 5.74) is 0.806. The minimum absolute atomic E-state index is 0.173. The number of hydrogen-bond donors (Lipinski definition) is 3. The van der Waals surface area contributed by atoms with E-state index in [1.807, 2.05) is 0 Å². The molecular weight excluding hydrogens is 393 g/mol. The van der Waals surface area contributed by atoms with E-state index in [2.05, 4.69) is 16.0 Å². The summed E-state index contributed by atoms with van der Waals surface area (Å²) in [6, 6.07) is 11.5. The van der Waals surface area contributed by atoms with Crippen LogP contribution in [0.1, 0.15) is 33.6 Å². The predicted molar refractivity (Wildman–Crippen MR) is 105 cm³/mol. The van der Waals surface area contributed by atoms with Crippen LogP contribution in [0.15, 0.2) is 48.5 Å². The van der Waals surface area contributed by atoms with Gasteiger partial charge in [-0.15, -0.1) is 0 Å². The molecular formula is C21H20FN3O5. The second-order valence-corrected chi connectivity index (χ2v) is 6.69. The number of rotatable bonds is 8. The molecule has 0 bridgehead atoms. The number of anilines is 1. The first-order valence-electron chi connectivity index (χ1n) is 9.31. The van der Waals surface area contributed by atoms with Crippen LogP contribution in [0.25, 0.3) is 0 Å². The number of hydrogen-bond acceptors (Lipinski definition) is 5. The van der Waals surface area contributed by atoms with Crippen LogP contribution in [0.2, 0.25) is 0 Å². The highest BCUT2D eigenvalue weighted by molar-refractivity contribution is 6.04. The van der Waals surface area contributed by atoms with Crippen LogP contribution in [-0.4, -0.2) is 42.9 Å². The second-order valence-electron chi connectivity index (χ2n) is 6.69. The monoisotopic (exact) mass is 413 g/mol. The summed E-state index contributed by atoms with van der Waals surface area (Å²) in [5, 5.41) is 7.70. The molecule has 9 heteroatoms. The molecule has 0 unspecified atom stereocenters. The Morgan fingerprint density at radius 3 is 2.37 bits per heavy atom. The van der Waals surface area contributed by atoms with E-state index in [0.717, 1.165) is 25.0 Å². The third-order valence-electron chi connectivity index (χ3n) is 4.22. The second kappa shape index (κ2) is 9.64. The van der Waals surface area contributed by atoms with Gasteiger partial charge in [-0.1, -0.05) is 12.1 Å². The predicted octanol–water partition coefficient (Wildman–Crippen LogP) is 1.63. The summed E-state index contributed by atoms with van der Waals surface area (Å²) in [6.45, 7) is -1.03. The largest absolute Gasteiger partial charge is 0.454 e. The van der Waals surface area contributed by atoms with Crippen molar-refractivity contribution in [2.45, 2.75) is 18.9 Å². The summed E-state index contributed by atoms with van der Waals surface area (Å²) in [7, 11) is 0. The van der Waals surface area contributed by atoms with Crippen LogP contribution < -0.4 is 16.0 Å². The number of benzene rings is 2. The Hall–Kier alpha value is -3.75. The van der Waals surface area contributed by atoms with Gasteiger partial charge in [0.15, 0.2) is 6.61 Å². The van der Waals surface area contributed by atoms with Crippen molar-refractivity contribution in [3.8, 4) is 0 Å². The van der Waals surface area contributed by atoms with E-state index >= 15 is 0 Å². The fourth-order valence-corrected chi connectivity index (χ4v) is 2.52. The minimum Gasteiger partial charge on any atom is -0.454 e. The normalized spacial score (nSPS) is 12.6. The molecule has 2 aromatic rings. The van der Waals surface area contributed by atoms with Crippen LogP contribution in [0.3, 0.4) is 0 Å². The van der Waals surface area contributed by atoms with Crippen LogP contribution in [0.5, 0.6) is 0 Å². The zero-order valence-electron chi connectivity index (χ0n) is 15.9. The zero-order chi connectivity index (χ0) is 21.5. The minimum atomic E-state index is -0.819. The van der Waals surface area contributed by atoms with Crippen molar-refractivity contribution in [2.75, 3.05) is 18.5 Å². The van der Waals surface area contributed by atoms with Crippen molar-refractivity contribution >= 4 is 29.4 Å². The lowest BCUT2D eigenvalue weighted by atomic mass is 10.1. The Bertz CT molecular complexity index is 957. The molecule has 1 aliphatic carbocycles. The summed E-state index contributed by atoms with van der Waals surface area (Å²) >= 11 is 0. The maximum Gasteiger partial charge on any atom is 0.325 e. The van der Waals surface area contributed by atoms with Crippen LogP contribution in [-0.2, 0) is 14.3 Å². The van der Waals surface area contributed by atoms with Crippen molar-refractivity contribution < 1.29 is 28.3 Å². The van der Waals surface area contributed by atoms with Gasteiger partial charge in [0, 0.05) is 11.6 Å². The average Bonchev–Trinajstić information content (AvgIpc) is 3.55. The number of para-hydroxylation sites is 1. The molecule has 0 aliphatic heterocycles. The zero-order valence-corrected chi connectivity index (χ0v) is 15.9. The van der Waals surface area contributed by atoms with Crippen LogP contribution >= 0.6 is 0 Å². The average molecular weight is 413 g/mol. The van der Waals surface area contributed by atoms with Gasteiger partial charge in [0.05, 0.1) is 11.3 Å². The van der Waals surface area contributed by atoms with Crippen molar-refractivity contribution in [1.29, 1.82) is 0 Å². The molecule has 156 valence electrons. The van der Waals surface area contributed by atoms with Crippen LogP contribution in [0, 0.1) is 5.82 Å². The van der Waals surface area contributed by atoms with Gasteiger partial charge in [0.25, 0.3) is 17.7 Å². The van der Waals surface area contributed by atoms with Gasteiger partial charge in [-0.05, 0) is 49.2 Å². The summed E-state index contributed by atoms with van der Waals surface area (Å²) < 4.78 is 17.7. The van der Waals surface area contributed by atoms with E-state index in [4.69, 9.17) is 4.74 Å². The number of carbonyl (C=O) groups excluding carboxylic acids is 4. The molecule has 8 nitrogen and oxygen atoms in total. The fourth-order valence-electron chi connectivity index (χ4n) is 2.52. The number of ether oxygens (including phenoxy) is 1. The van der Waals surface area contributed by atoms with Gasteiger partial charge < -0.3 is 20.7 Å². The van der Waals surface area contributed by atoms with Gasteiger partial charge in [-0.2, -0.15) is 0 Å². The molecule has 1 saturated carbocycles. The molecule has 1 fully saturated rings. The molecule has 2 aromatic carbocycles. The van der Waals surface area contributed by atoms with Gasteiger partial charge in [-0.3, -0.25) is 19.2 Å². The highest BCUT2D eigenvalue weighted by atomic mass is 19.1. The maximum atomic E-state index is 12.9. The van der Waals surface area contributed by atoms with Gasteiger partial charge in [0.2, 0.25) is 0 Å². The standard InChI is InChI=1S/C21H20FN3O5/c22-14-7-5-13(6-8-14)20(28)23-11-19(27)30-12-18(26)25-17-4-2-1-3-16(17)21(29)24-15-9-10-15/h1-8,15H,9-12H2,(H,23,28)(H,24,29)(H,25,26). The van der Waals surface area contributed by atoms with Crippen molar-refractivity contribution in [3.63, 3.8) is 0 Å². The van der Waals surface area contributed by atoms with Crippen molar-refractivity contribution in [3.05, 3.63) is 65.5 Å². The molecule has 3 rings (SSSR count). The fraction of sp³-hybridized carbons (Fsp3) is 0.238. The molecule has 30 heavy (non-hydrogen) atoms. The number of carbonyl (C=O) groups is 4. The van der Waals surface area contributed by atoms with E-state index in [1.165, 1.54) is 12.1 Å². The summed E-state index contributed by atoms with van der Waals surface area (Å²) in [4.78, 5) is 47.9. The van der Waals surface area contributed by atoms with Crippen LogP contribution in [0.4, 0.5) is 10.1 Å². The number of esters is 1. The third kappa shape index (κ3) is 6.13. The number of halogens is 1. The van der Waals surface area contributed by atoms with E-state index in [9.17, 15) is 23.6 Å². The van der Waals surface area contributed by atoms with E-state index in [1.54, 1.807) is 24.3 Å². The first-order valence-corrected chi connectivity index (χ1v) is 9.31. The van der Waals surface area contributed by atoms with Gasteiger partial charge in [0.1, 0.15) is 12.4 Å². The molecule has 0 spiro atoms. The SMILES string of the molecule is O=C(COC(=O)CNC(=O)c1ccc(F)cc1)Nc1ccccc1C(=O)NC1CC1. The quantitative estimate of drug-likeness (QED) is 0.570. The summed E-state index contributed by atoms with van der Waals surface area (Å²) in [5.74, 6) is -2.79. The topological polar surface area (TPSA) is 114 Å². The van der Waals surface area contributed by atoms with Crippen molar-refractivity contribution in [1.82, 2.24) is 10.6 Å². The number of nitrogens with one attached hydrogen (secondary N) is 3. The van der Waals surface area contributed by atoms with E-state index in [0.29, 0.717) is 11.3 Å². The maximum absolute atomic E-state index is 12.9. The highest BCUT2D eigenvalue weighted by Gasteiger charge is 2.25.